The standard InChI is InChI=1S/C16H20N2O5/c19-16(11-23-13-7-5-12(6-8-13)18(20)21)17-9-1-3-14(17)15-4-2-10-22-15/h5-8,14-15H,1-4,9-11H2. The first-order valence-corrected chi connectivity index (χ1v) is 7.93. The van der Waals surface area contributed by atoms with Crippen LogP contribution in [0.3, 0.4) is 0 Å². The van der Waals surface area contributed by atoms with Gasteiger partial charge >= 0.3 is 0 Å². The van der Waals surface area contributed by atoms with E-state index in [0.29, 0.717) is 5.75 Å². The summed E-state index contributed by atoms with van der Waals surface area (Å²) in [4.78, 5) is 24.4. The number of carbonyl (C=O) groups is 1. The van der Waals surface area contributed by atoms with E-state index in [2.05, 4.69) is 0 Å². The quantitative estimate of drug-likeness (QED) is 0.613. The SMILES string of the molecule is O=C(COc1ccc([N+](=O)[O-])cc1)N1CCCC1C1CCCO1. The molecular formula is C16H20N2O5. The molecule has 2 unspecified atom stereocenters. The van der Waals surface area contributed by atoms with Crippen LogP contribution in [0.1, 0.15) is 25.7 Å². The lowest BCUT2D eigenvalue weighted by Crippen LogP contribution is -2.44. The molecule has 1 aromatic carbocycles. The molecule has 2 heterocycles. The molecule has 0 N–H and O–H groups in total. The smallest absolute Gasteiger partial charge is 0.269 e. The minimum Gasteiger partial charge on any atom is -0.484 e. The average molecular weight is 320 g/mol. The summed E-state index contributed by atoms with van der Waals surface area (Å²) in [6.07, 6.45) is 4.20. The van der Waals surface area contributed by atoms with Crippen molar-refractivity contribution in [3.8, 4) is 5.75 Å². The number of carbonyl (C=O) groups excluding carboxylic acids is 1. The molecule has 2 atom stereocenters. The predicted molar refractivity (Wildman–Crippen MR) is 82.3 cm³/mol. The molecule has 2 aliphatic heterocycles. The van der Waals surface area contributed by atoms with Gasteiger partial charge in [-0.2, -0.15) is 0 Å². The van der Waals surface area contributed by atoms with E-state index in [4.69, 9.17) is 9.47 Å². The van der Waals surface area contributed by atoms with Crippen molar-refractivity contribution in [3.05, 3.63) is 34.4 Å². The number of hydrogen-bond donors (Lipinski definition) is 0. The highest BCUT2D eigenvalue weighted by Gasteiger charge is 2.36. The van der Waals surface area contributed by atoms with Crippen LogP contribution < -0.4 is 4.74 Å². The van der Waals surface area contributed by atoms with Gasteiger partial charge in [-0.25, -0.2) is 0 Å². The van der Waals surface area contributed by atoms with E-state index in [1.54, 1.807) is 0 Å². The molecule has 0 saturated carbocycles. The highest BCUT2D eigenvalue weighted by Crippen LogP contribution is 2.28. The number of ether oxygens (including phenoxy) is 2. The van der Waals surface area contributed by atoms with Gasteiger partial charge in [-0.3, -0.25) is 14.9 Å². The predicted octanol–water partition coefficient (Wildman–Crippen LogP) is 2.14. The molecule has 2 aliphatic rings. The Balaban J connectivity index is 1.55. The first-order chi connectivity index (χ1) is 11.1. The van der Waals surface area contributed by atoms with Gasteiger partial charge in [-0.15, -0.1) is 0 Å². The van der Waals surface area contributed by atoms with E-state index in [0.717, 1.165) is 38.8 Å². The first kappa shape index (κ1) is 15.7. The highest BCUT2D eigenvalue weighted by atomic mass is 16.6. The summed E-state index contributed by atoms with van der Waals surface area (Å²) in [7, 11) is 0. The van der Waals surface area contributed by atoms with E-state index >= 15 is 0 Å². The number of nitrogens with zero attached hydrogens (tertiary/aromatic N) is 2. The Bertz CT molecular complexity index is 568. The number of amides is 1. The second-order valence-electron chi connectivity index (χ2n) is 5.89. The van der Waals surface area contributed by atoms with Crippen molar-refractivity contribution in [3.63, 3.8) is 0 Å². The number of nitro benzene ring substituents is 1. The molecule has 7 nitrogen and oxygen atoms in total. The van der Waals surface area contributed by atoms with Crippen molar-refractivity contribution in [2.24, 2.45) is 0 Å². The van der Waals surface area contributed by atoms with Crippen molar-refractivity contribution in [1.29, 1.82) is 0 Å². The molecule has 124 valence electrons. The fraction of sp³-hybridized carbons (Fsp3) is 0.562. The Kier molecular flexibility index (Phi) is 4.76. The lowest BCUT2D eigenvalue weighted by molar-refractivity contribution is -0.384. The molecular weight excluding hydrogens is 300 g/mol. The number of rotatable bonds is 5. The van der Waals surface area contributed by atoms with Gasteiger partial charge in [0.25, 0.3) is 11.6 Å². The maximum atomic E-state index is 12.4. The normalized spacial score (nSPS) is 23.9. The molecule has 0 spiro atoms. The minimum atomic E-state index is -0.467. The van der Waals surface area contributed by atoms with Crippen molar-refractivity contribution in [2.75, 3.05) is 19.8 Å². The van der Waals surface area contributed by atoms with E-state index in [1.807, 2.05) is 4.90 Å². The zero-order chi connectivity index (χ0) is 16.2. The molecule has 2 fully saturated rings. The summed E-state index contributed by atoms with van der Waals surface area (Å²) in [5, 5.41) is 10.6. The highest BCUT2D eigenvalue weighted by molar-refractivity contribution is 5.78. The van der Waals surface area contributed by atoms with Crippen molar-refractivity contribution >= 4 is 11.6 Å². The van der Waals surface area contributed by atoms with Crippen LogP contribution in [-0.2, 0) is 9.53 Å². The molecule has 1 aromatic rings. The maximum Gasteiger partial charge on any atom is 0.269 e. The number of hydrogen-bond acceptors (Lipinski definition) is 5. The topological polar surface area (TPSA) is 81.9 Å². The summed E-state index contributed by atoms with van der Waals surface area (Å²) in [5.41, 5.74) is 0.00154. The second-order valence-corrected chi connectivity index (χ2v) is 5.89. The number of benzene rings is 1. The van der Waals surface area contributed by atoms with Gasteiger partial charge < -0.3 is 14.4 Å². The summed E-state index contributed by atoms with van der Waals surface area (Å²) >= 11 is 0. The fourth-order valence-corrected chi connectivity index (χ4v) is 3.29. The number of nitro groups is 1. The third-order valence-electron chi connectivity index (χ3n) is 4.42. The first-order valence-electron chi connectivity index (χ1n) is 7.93. The van der Waals surface area contributed by atoms with Crippen LogP contribution in [0.25, 0.3) is 0 Å². The van der Waals surface area contributed by atoms with Crippen molar-refractivity contribution in [2.45, 2.75) is 37.8 Å². The van der Waals surface area contributed by atoms with Crippen molar-refractivity contribution in [1.82, 2.24) is 4.90 Å². The Hall–Kier alpha value is -2.15. The van der Waals surface area contributed by atoms with Gasteiger partial charge in [0.15, 0.2) is 6.61 Å². The van der Waals surface area contributed by atoms with Crippen molar-refractivity contribution < 1.29 is 19.2 Å². The lowest BCUT2D eigenvalue weighted by atomic mass is 10.1. The van der Waals surface area contributed by atoms with Crippen LogP contribution in [0.2, 0.25) is 0 Å². The number of likely N-dealkylation sites (tertiary alicyclic amines) is 1. The number of non-ortho nitro benzene ring substituents is 1. The summed E-state index contributed by atoms with van der Waals surface area (Å²) < 4.78 is 11.2. The van der Waals surface area contributed by atoms with Gasteiger partial charge in [-0.05, 0) is 37.8 Å². The maximum absolute atomic E-state index is 12.4. The fourth-order valence-electron chi connectivity index (χ4n) is 3.29. The molecule has 0 radical (unpaired) electrons. The van der Waals surface area contributed by atoms with E-state index < -0.39 is 4.92 Å². The third-order valence-corrected chi connectivity index (χ3v) is 4.42. The van der Waals surface area contributed by atoms with Gasteiger partial charge in [0.2, 0.25) is 0 Å². The lowest BCUT2D eigenvalue weighted by Gasteiger charge is -2.28. The molecule has 0 bridgehead atoms. The minimum absolute atomic E-state index is 0.00154. The van der Waals surface area contributed by atoms with Gasteiger partial charge in [0.1, 0.15) is 5.75 Å². The molecule has 7 heteroatoms. The van der Waals surface area contributed by atoms with Crippen LogP contribution in [0.4, 0.5) is 5.69 Å². The molecule has 1 amide bonds. The van der Waals surface area contributed by atoms with Crippen LogP contribution in [0.5, 0.6) is 5.75 Å². The van der Waals surface area contributed by atoms with Gasteiger partial charge in [0, 0.05) is 25.3 Å². The molecule has 2 saturated heterocycles. The van der Waals surface area contributed by atoms with Crippen LogP contribution >= 0.6 is 0 Å². The second kappa shape index (κ2) is 6.95. The van der Waals surface area contributed by atoms with E-state index in [9.17, 15) is 14.9 Å². The Morgan fingerprint density at radius 3 is 2.74 bits per heavy atom. The summed E-state index contributed by atoms with van der Waals surface area (Å²) in [5.74, 6) is 0.401. The van der Waals surface area contributed by atoms with Crippen LogP contribution in [0, 0.1) is 10.1 Å². The Morgan fingerprint density at radius 1 is 1.30 bits per heavy atom. The van der Waals surface area contributed by atoms with Gasteiger partial charge in [0.05, 0.1) is 17.1 Å². The largest absolute Gasteiger partial charge is 0.484 e. The van der Waals surface area contributed by atoms with Crippen LogP contribution in [0.15, 0.2) is 24.3 Å². The monoisotopic (exact) mass is 320 g/mol. The van der Waals surface area contributed by atoms with E-state index in [1.165, 1.54) is 24.3 Å². The zero-order valence-corrected chi connectivity index (χ0v) is 12.8. The van der Waals surface area contributed by atoms with E-state index in [-0.39, 0.29) is 30.3 Å². The summed E-state index contributed by atoms with van der Waals surface area (Å²) in [6, 6.07) is 5.90. The molecule has 0 aliphatic carbocycles. The Morgan fingerprint density at radius 2 is 2.09 bits per heavy atom. The third kappa shape index (κ3) is 3.61. The summed E-state index contributed by atoms with van der Waals surface area (Å²) in [6.45, 7) is 1.47. The van der Waals surface area contributed by atoms with Crippen LogP contribution in [-0.4, -0.2) is 47.6 Å². The molecule has 0 aromatic heterocycles. The zero-order valence-electron chi connectivity index (χ0n) is 12.8. The average Bonchev–Trinajstić information content (AvgIpc) is 3.23. The Labute approximate surface area is 134 Å². The molecule has 3 rings (SSSR count). The van der Waals surface area contributed by atoms with Gasteiger partial charge in [-0.1, -0.05) is 0 Å². The molecule has 23 heavy (non-hydrogen) atoms.